The molecule has 0 fully saturated rings. The van der Waals surface area contributed by atoms with Crippen LogP contribution in [-0.4, -0.2) is 43.5 Å². The number of aromatic nitrogens is 2. The van der Waals surface area contributed by atoms with Crippen molar-refractivity contribution in [3.05, 3.63) is 47.9 Å². The topological polar surface area (TPSA) is 56.3 Å². The highest BCUT2D eigenvalue weighted by Crippen LogP contribution is 2.17. The standard InChI is InChI=1S/C17H20FN3O2/c1-19-16-7-6-15(21-13-16)5-4-14-3-2-9-20-17(14)23-12-11-22-10-8-18/h2-7,9,13,19H,8,10-12H2,1H3. The molecule has 0 atom stereocenters. The van der Waals surface area contributed by atoms with E-state index in [4.69, 9.17) is 9.47 Å². The van der Waals surface area contributed by atoms with Crippen molar-refractivity contribution in [1.29, 1.82) is 0 Å². The summed E-state index contributed by atoms with van der Waals surface area (Å²) in [6.07, 6.45) is 7.21. The molecule has 0 unspecified atom stereocenters. The van der Waals surface area contributed by atoms with Crippen LogP contribution in [0.4, 0.5) is 10.1 Å². The van der Waals surface area contributed by atoms with Crippen LogP contribution in [0, 0.1) is 0 Å². The van der Waals surface area contributed by atoms with Gasteiger partial charge in [-0.25, -0.2) is 9.37 Å². The molecule has 2 aromatic rings. The van der Waals surface area contributed by atoms with Gasteiger partial charge >= 0.3 is 0 Å². The number of nitrogens with zero attached hydrogens (tertiary/aromatic N) is 2. The van der Waals surface area contributed by atoms with E-state index in [0.717, 1.165) is 16.9 Å². The fraction of sp³-hybridized carbons (Fsp3) is 0.294. The first-order valence-corrected chi connectivity index (χ1v) is 7.37. The summed E-state index contributed by atoms with van der Waals surface area (Å²) in [7, 11) is 1.85. The molecular weight excluding hydrogens is 297 g/mol. The summed E-state index contributed by atoms with van der Waals surface area (Å²) in [4.78, 5) is 8.53. The summed E-state index contributed by atoms with van der Waals surface area (Å²) >= 11 is 0. The molecule has 0 bridgehead atoms. The van der Waals surface area contributed by atoms with Crippen LogP contribution in [0.5, 0.6) is 5.88 Å². The van der Waals surface area contributed by atoms with Gasteiger partial charge in [-0.3, -0.25) is 4.98 Å². The van der Waals surface area contributed by atoms with Crippen molar-refractivity contribution in [2.75, 3.05) is 38.9 Å². The Morgan fingerprint density at radius 3 is 2.78 bits per heavy atom. The first kappa shape index (κ1) is 16.9. The Bertz CT molecular complexity index is 617. The van der Waals surface area contributed by atoms with Crippen LogP contribution in [0.15, 0.2) is 36.7 Å². The predicted molar refractivity (Wildman–Crippen MR) is 89.2 cm³/mol. The smallest absolute Gasteiger partial charge is 0.220 e. The Balaban J connectivity index is 1.97. The largest absolute Gasteiger partial charge is 0.475 e. The maximum absolute atomic E-state index is 11.9. The molecule has 0 spiro atoms. The van der Waals surface area contributed by atoms with Gasteiger partial charge in [-0.15, -0.1) is 0 Å². The van der Waals surface area contributed by atoms with Gasteiger partial charge < -0.3 is 14.8 Å². The van der Waals surface area contributed by atoms with Gasteiger partial charge in [0.1, 0.15) is 13.3 Å². The Morgan fingerprint density at radius 2 is 2.04 bits per heavy atom. The number of rotatable bonds is 9. The SMILES string of the molecule is CNc1ccc(C=Cc2cccnc2OCCOCCF)nc1. The second kappa shape index (κ2) is 9.53. The molecule has 0 aliphatic heterocycles. The first-order valence-electron chi connectivity index (χ1n) is 7.37. The minimum Gasteiger partial charge on any atom is -0.475 e. The summed E-state index contributed by atoms with van der Waals surface area (Å²) in [5, 5.41) is 3.02. The van der Waals surface area contributed by atoms with Gasteiger partial charge in [-0.05, 0) is 36.4 Å². The van der Waals surface area contributed by atoms with Gasteiger partial charge in [0, 0.05) is 18.8 Å². The summed E-state index contributed by atoms with van der Waals surface area (Å²) < 4.78 is 22.5. The number of nitrogens with one attached hydrogen (secondary N) is 1. The van der Waals surface area contributed by atoms with Gasteiger partial charge in [0.25, 0.3) is 0 Å². The van der Waals surface area contributed by atoms with Crippen molar-refractivity contribution in [3.63, 3.8) is 0 Å². The fourth-order valence-corrected chi connectivity index (χ4v) is 1.83. The number of hydrogen-bond donors (Lipinski definition) is 1. The van der Waals surface area contributed by atoms with E-state index >= 15 is 0 Å². The lowest BCUT2D eigenvalue weighted by molar-refractivity contribution is 0.0883. The van der Waals surface area contributed by atoms with Crippen molar-refractivity contribution < 1.29 is 13.9 Å². The third-order valence-electron chi connectivity index (χ3n) is 3.00. The van der Waals surface area contributed by atoms with E-state index in [1.165, 1.54) is 0 Å². The summed E-state index contributed by atoms with van der Waals surface area (Å²) in [6, 6.07) is 7.62. The molecule has 0 aliphatic rings. The molecule has 0 saturated carbocycles. The van der Waals surface area contributed by atoms with E-state index in [1.807, 2.05) is 43.5 Å². The van der Waals surface area contributed by atoms with E-state index in [2.05, 4.69) is 15.3 Å². The number of alkyl halides is 1. The maximum Gasteiger partial charge on any atom is 0.220 e. The van der Waals surface area contributed by atoms with Crippen molar-refractivity contribution in [1.82, 2.24) is 9.97 Å². The van der Waals surface area contributed by atoms with Gasteiger partial charge in [0.15, 0.2) is 0 Å². The highest BCUT2D eigenvalue weighted by molar-refractivity contribution is 5.70. The molecule has 0 aromatic carbocycles. The van der Waals surface area contributed by atoms with Crippen LogP contribution in [0.1, 0.15) is 11.3 Å². The number of pyridine rings is 2. The highest BCUT2D eigenvalue weighted by Gasteiger charge is 2.02. The zero-order valence-electron chi connectivity index (χ0n) is 13.0. The van der Waals surface area contributed by atoms with Crippen LogP contribution in [-0.2, 0) is 4.74 Å². The third kappa shape index (κ3) is 5.67. The van der Waals surface area contributed by atoms with Crippen LogP contribution in [0.25, 0.3) is 12.2 Å². The lowest BCUT2D eigenvalue weighted by Crippen LogP contribution is -2.09. The fourth-order valence-electron chi connectivity index (χ4n) is 1.83. The maximum atomic E-state index is 11.9. The van der Waals surface area contributed by atoms with Gasteiger partial charge in [-0.1, -0.05) is 0 Å². The van der Waals surface area contributed by atoms with E-state index in [-0.39, 0.29) is 6.61 Å². The van der Waals surface area contributed by atoms with E-state index in [1.54, 1.807) is 12.4 Å². The molecule has 2 aromatic heterocycles. The van der Waals surface area contributed by atoms with Crippen LogP contribution >= 0.6 is 0 Å². The number of hydrogen-bond acceptors (Lipinski definition) is 5. The lowest BCUT2D eigenvalue weighted by Gasteiger charge is -2.07. The lowest BCUT2D eigenvalue weighted by atomic mass is 10.2. The van der Waals surface area contributed by atoms with E-state index < -0.39 is 6.67 Å². The zero-order valence-corrected chi connectivity index (χ0v) is 13.0. The van der Waals surface area contributed by atoms with Gasteiger partial charge in [0.2, 0.25) is 5.88 Å². The van der Waals surface area contributed by atoms with Gasteiger partial charge in [-0.2, -0.15) is 0 Å². The first-order chi connectivity index (χ1) is 11.3. The number of halogens is 1. The minimum atomic E-state index is -0.489. The van der Waals surface area contributed by atoms with Crippen LogP contribution in [0.3, 0.4) is 0 Å². The normalized spacial score (nSPS) is 10.9. The van der Waals surface area contributed by atoms with Crippen molar-refractivity contribution in [2.24, 2.45) is 0 Å². The molecule has 122 valence electrons. The quantitative estimate of drug-likeness (QED) is 0.720. The molecule has 0 aliphatic carbocycles. The Labute approximate surface area is 135 Å². The van der Waals surface area contributed by atoms with E-state index in [9.17, 15) is 4.39 Å². The molecule has 0 amide bonds. The van der Waals surface area contributed by atoms with Crippen LogP contribution in [0.2, 0.25) is 0 Å². The van der Waals surface area contributed by atoms with E-state index in [0.29, 0.717) is 19.1 Å². The summed E-state index contributed by atoms with van der Waals surface area (Å²) in [6.45, 7) is 0.257. The monoisotopic (exact) mass is 317 g/mol. The van der Waals surface area contributed by atoms with Crippen molar-refractivity contribution >= 4 is 17.8 Å². The Morgan fingerprint density at radius 1 is 1.13 bits per heavy atom. The van der Waals surface area contributed by atoms with Gasteiger partial charge in [0.05, 0.1) is 30.8 Å². The second-order valence-corrected chi connectivity index (χ2v) is 4.60. The highest BCUT2D eigenvalue weighted by atomic mass is 19.1. The third-order valence-corrected chi connectivity index (χ3v) is 3.00. The Hall–Kier alpha value is -2.47. The molecule has 0 saturated heterocycles. The Kier molecular flexibility index (Phi) is 7.00. The molecule has 5 nitrogen and oxygen atoms in total. The summed E-state index contributed by atoms with van der Waals surface area (Å²) in [5.41, 5.74) is 2.64. The molecule has 2 rings (SSSR count). The molecule has 2 heterocycles. The summed E-state index contributed by atoms with van der Waals surface area (Å²) in [5.74, 6) is 0.513. The van der Waals surface area contributed by atoms with Crippen molar-refractivity contribution in [2.45, 2.75) is 0 Å². The average Bonchev–Trinajstić information content (AvgIpc) is 2.61. The molecule has 6 heteroatoms. The molecule has 0 radical (unpaired) electrons. The minimum absolute atomic E-state index is 0.0899. The average molecular weight is 317 g/mol. The predicted octanol–water partition coefficient (Wildman–Crippen LogP) is 3.05. The second-order valence-electron chi connectivity index (χ2n) is 4.60. The number of ether oxygens (including phenoxy) is 2. The van der Waals surface area contributed by atoms with Crippen molar-refractivity contribution in [3.8, 4) is 5.88 Å². The van der Waals surface area contributed by atoms with Crippen LogP contribution < -0.4 is 10.1 Å². The molecule has 23 heavy (non-hydrogen) atoms. The number of anilines is 1. The zero-order chi connectivity index (χ0) is 16.3. The molecular formula is C17H20FN3O2. The molecule has 1 N–H and O–H groups in total.